The number of nitro groups is 1. The molecule has 3 aromatic rings. The Labute approximate surface area is 183 Å². The second-order valence-corrected chi connectivity index (χ2v) is 7.36. The summed E-state index contributed by atoms with van der Waals surface area (Å²) >= 11 is 3.32. The number of Topliss-reactive ketones (excluding diaryl/α,β-unsaturated/α-hetero) is 1. The number of nitrogens with zero attached hydrogens (tertiary/aromatic N) is 5. The Kier molecular flexibility index (Phi) is 5.29. The summed E-state index contributed by atoms with van der Waals surface area (Å²) in [5.41, 5.74) is 0.615. The summed E-state index contributed by atoms with van der Waals surface area (Å²) in [6.45, 7) is 0. The van der Waals surface area contributed by atoms with Gasteiger partial charge in [0.2, 0.25) is 5.95 Å². The Morgan fingerprint density at radius 1 is 1.16 bits per heavy atom. The first-order chi connectivity index (χ1) is 14.9. The molecular weight excluding hydrogens is 472 g/mol. The van der Waals surface area contributed by atoms with E-state index < -0.39 is 22.7 Å². The molecule has 1 aliphatic heterocycles. The highest BCUT2D eigenvalue weighted by atomic mass is 79.9. The van der Waals surface area contributed by atoms with E-state index in [1.807, 2.05) is 0 Å². The van der Waals surface area contributed by atoms with E-state index in [1.165, 1.54) is 36.1 Å². The summed E-state index contributed by atoms with van der Waals surface area (Å²) in [5, 5.41) is 25.2. The highest BCUT2D eigenvalue weighted by molar-refractivity contribution is 9.10. The number of fused-ring (bicyclic) bond motifs is 1. The normalized spacial score (nSPS) is 15.1. The molecule has 0 spiro atoms. The molecular formula is C19H13BrN6O5. The van der Waals surface area contributed by atoms with Gasteiger partial charge in [-0.25, -0.2) is 4.79 Å². The van der Waals surface area contributed by atoms with E-state index in [1.54, 1.807) is 24.3 Å². The van der Waals surface area contributed by atoms with Crippen molar-refractivity contribution < 1.29 is 19.2 Å². The lowest BCUT2D eigenvalue weighted by atomic mass is 9.89. The van der Waals surface area contributed by atoms with E-state index in [0.717, 1.165) is 4.47 Å². The zero-order valence-corrected chi connectivity index (χ0v) is 17.4. The second kappa shape index (κ2) is 8.07. The maximum atomic E-state index is 13.5. The van der Waals surface area contributed by atoms with Crippen molar-refractivity contribution in [1.82, 2.24) is 20.2 Å². The minimum Gasteiger partial charge on any atom is -0.464 e. The van der Waals surface area contributed by atoms with Gasteiger partial charge in [0, 0.05) is 22.2 Å². The minimum atomic E-state index is -0.919. The van der Waals surface area contributed by atoms with Crippen molar-refractivity contribution in [3.8, 4) is 0 Å². The number of rotatable bonds is 5. The van der Waals surface area contributed by atoms with Crippen molar-refractivity contribution in [2.24, 2.45) is 0 Å². The van der Waals surface area contributed by atoms with Crippen LogP contribution in [0.4, 0.5) is 11.6 Å². The van der Waals surface area contributed by atoms with Gasteiger partial charge in [-0.2, -0.15) is 4.68 Å². The summed E-state index contributed by atoms with van der Waals surface area (Å²) in [4.78, 5) is 36.6. The first-order valence-electron chi connectivity index (χ1n) is 8.82. The summed E-state index contributed by atoms with van der Waals surface area (Å²) in [6, 6.07) is 11.3. The van der Waals surface area contributed by atoms with Crippen molar-refractivity contribution in [2.45, 2.75) is 6.04 Å². The van der Waals surface area contributed by atoms with Crippen LogP contribution in [0.25, 0.3) is 0 Å². The Morgan fingerprint density at radius 3 is 2.45 bits per heavy atom. The van der Waals surface area contributed by atoms with Crippen molar-refractivity contribution >= 4 is 39.3 Å². The molecule has 1 N–H and O–H groups in total. The lowest BCUT2D eigenvalue weighted by Gasteiger charge is -2.28. The first-order valence-corrected chi connectivity index (χ1v) is 9.62. The molecule has 11 nitrogen and oxygen atoms in total. The lowest BCUT2D eigenvalue weighted by molar-refractivity contribution is -0.384. The topological polar surface area (TPSA) is 142 Å². The number of esters is 1. The number of carbonyl (C=O) groups excluding carboxylic acids is 2. The van der Waals surface area contributed by atoms with E-state index in [9.17, 15) is 19.7 Å². The highest BCUT2D eigenvalue weighted by Crippen LogP contribution is 2.37. The molecule has 0 amide bonds. The van der Waals surface area contributed by atoms with E-state index in [0.29, 0.717) is 11.1 Å². The number of ketones is 1. The van der Waals surface area contributed by atoms with E-state index >= 15 is 0 Å². The molecule has 0 aliphatic carbocycles. The molecule has 2 heterocycles. The van der Waals surface area contributed by atoms with Gasteiger partial charge in [-0.3, -0.25) is 14.9 Å². The SMILES string of the molecule is COC(=O)C1=C(C(=O)c2ccc(Br)cc2)[C@@H](c2ccc([N+](=O)[O-])cc2)n2nnnc2N1. The minimum absolute atomic E-state index is 0.0443. The number of tetrazole rings is 1. The van der Waals surface area contributed by atoms with Gasteiger partial charge < -0.3 is 10.1 Å². The zero-order chi connectivity index (χ0) is 22.1. The summed E-state index contributed by atoms with van der Waals surface area (Å²) < 4.78 is 6.98. The number of ether oxygens (including phenoxy) is 1. The van der Waals surface area contributed by atoms with Gasteiger partial charge in [0.15, 0.2) is 5.78 Å². The third kappa shape index (κ3) is 3.68. The predicted molar refractivity (Wildman–Crippen MR) is 110 cm³/mol. The molecule has 1 aliphatic rings. The monoisotopic (exact) mass is 484 g/mol. The molecule has 12 heteroatoms. The van der Waals surface area contributed by atoms with E-state index in [-0.39, 0.29) is 22.9 Å². The van der Waals surface area contributed by atoms with Crippen molar-refractivity contribution in [1.29, 1.82) is 0 Å². The number of carbonyl (C=O) groups is 2. The molecule has 0 fully saturated rings. The quantitative estimate of drug-likeness (QED) is 0.250. The van der Waals surface area contributed by atoms with Crippen LogP contribution in [0.15, 0.2) is 64.3 Å². The van der Waals surface area contributed by atoms with Crippen LogP contribution in [-0.2, 0) is 9.53 Å². The number of halogens is 1. The van der Waals surface area contributed by atoms with Crippen LogP contribution in [0, 0.1) is 10.1 Å². The number of anilines is 1. The predicted octanol–water partition coefficient (Wildman–Crippen LogP) is 2.67. The number of hydrogen-bond donors (Lipinski definition) is 1. The van der Waals surface area contributed by atoms with E-state index in [2.05, 4.69) is 36.8 Å². The molecule has 4 rings (SSSR count). The van der Waals surface area contributed by atoms with Crippen LogP contribution in [0.2, 0.25) is 0 Å². The average molecular weight is 485 g/mol. The molecule has 1 atom stereocenters. The molecule has 0 bridgehead atoms. The number of nitrogens with one attached hydrogen (secondary N) is 1. The van der Waals surface area contributed by atoms with Crippen LogP contribution < -0.4 is 5.32 Å². The average Bonchev–Trinajstić information content (AvgIpc) is 3.25. The number of non-ortho nitro benzene ring substituents is 1. The fourth-order valence-corrected chi connectivity index (χ4v) is 3.50. The molecule has 0 saturated heterocycles. The number of hydrogen-bond acceptors (Lipinski definition) is 9. The smallest absolute Gasteiger partial charge is 0.355 e. The molecule has 156 valence electrons. The molecule has 31 heavy (non-hydrogen) atoms. The Hall–Kier alpha value is -3.93. The maximum absolute atomic E-state index is 13.5. The fourth-order valence-electron chi connectivity index (χ4n) is 3.23. The Bertz CT molecular complexity index is 1220. The number of allylic oxidation sites excluding steroid dienone is 1. The van der Waals surface area contributed by atoms with Crippen LogP contribution in [-0.4, -0.2) is 44.0 Å². The Balaban J connectivity index is 1.92. The zero-order valence-electron chi connectivity index (χ0n) is 15.9. The van der Waals surface area contributed by atoms with Gasteiger partial charge in [0.05, 0.1) is 17.6 Å². The van der Waals surface area contributed by atoms with Crippen molar-refractivity contribution in [2.75, 3.05) is 12.4 Å². The molecule has 0 saturated carbocycles. The number of aromatic nitrogens is 4. The summed E-state index contributed by atoms with van der Waals surface area (Å²) in [7, 11) is 1.19. The van der Waals surface area contributed by atoms with Crippen LogP contribution in [0.1, 0.15) is 22.0 Å². The lowest BCUT2D eigenvalue weighted by Crippen LogP contribution is -2.32. The van der Waals surface area contributed by atoms with Gasteiger partial charge >= 0.3 is 5.97 Å². The molecule has 1 aromatic heterocycles. The molecule has 2 aromatic carbocycles. The van der Waals surface area contributed by atoms with Gasteiger partial charge in [0.1, 0.15) is 11.7 Å². The highest BCUT2D eigenvalue weighted by Gasteiger charge is 2.38. The van der Waals surface area contributed by atoms with Crippen molar-refractivity contribution in [3.05, 3.63) is 85.5 Å². The third-order valence-corrected chi connectivity index (χ3v) is 5.21. The fraction of sp³-hybridized carbons (Fsp3) is 0.105. The number of methoxy groups -OCH3 is 1. The van der Waals surface area contributed by atoms with Gasteiger partial charge in [-0.05, 0) is 52.4 Å². The van der Waals surface area contributed by atoms with Crippen LogP contribution in [0.3, 0.4) is 0 Å². The van der Waals surface area contributed by atoms with Gasteiger partial charge in [-0.15, -0.1) is 0 Å². The first kappa shape index (κ1) is 20.3. The van der Waals surface area contributed by atoms with Crippen molar-refractivity contribution in [3.63, 3.8) is 0 Å². The summed E-state index contributed by atoms with van der Waals surface area (Å²) in [6.07, 6.45) is 0. The van der Waals surface area contributed by atoms with Crippen LogP contribution in [0.5, 0.6) is 0 Å². The number of benzene rings is 2. The second-order valence-electron chi connectivity index (χ2n) is 6.44. The maximum Gasteiger partial charge on any atom is 0.355 e. The van der Waals surface area contributed by atoms with E-state index in [4.69, 9.17) is 4.74 Å². The number of nitro benzene ring substituents is 1. The summed E-state index contributed by atoms with van der Waals surface area (Å²) in [5.74, 6) is -1.11. The van der Waals surface area contributed by atoms with Gasteiger partial charge in [0.25, 0.3) is 5.69 Å². The Morgan fingerprint density at radius 2 is 1.84 bits per heavy atom. The largest absolute Gasteiger partial charge is 0.464 e. The molecule has 0 radical (unpaired) electrons. The van der Waals surface area contributed by atoms with Gasteiger partial charge in [-0.1, -0.05) is 21.0 Å². The standard InChI is InChI=1S/C19H13BrN6O5/c1-31-18(28)15-14(17(27)11-2-6-12(20)7-3-11)16(25-19(21-15)22-23-24-25)10-4-8-13(9-5-10)26(29)30/h2-9,16H,1H3,(H,21,22,24)/t16-/m1/s1. The van der Waals surface area contributed by atoms with Crippen LogP contribution >= 0.6 is 15.9 Å². The third-order valence-electron chi connectivity index (χ3n) is 4.68. The molecule has 0 unspecified atom stereocenters.